The fourth-order valence-corrected chi connectivity index (χ4v) is 1.74. The number of carbonyl (C=O) groups excluding carboxylic acids is 1. The molecule has 0 spiro atoms. The van der Waals surface area contributed by atoms with Gasteiger partial charge in [-0.2, -0.15) is 5.10 Å². The Morgan fingerprint density at radius 3 is 2.76 bits per heavy atom. The molecule has 7 nitrogen and oxygen atoms in total. The van der Waals surface area contributed by atoms with Crippen LogP contribution in [0.25, 0.3) is 0 Å². The SMILES string of the molecule is CN1CCN(NC(=O)Cn2ccc(N)n2)CC1. The highest BCUT2D eigenvalue weighted by Gasteiger charge is 2.15. The van der Waals surface area contributed by atoms with E-state index in [9.17, 15) is 4.79 Å². The summed E-state index contributed by atoms with van der Waals surface area (Å²) in [4.78, 5) is 13.9. The minimum absolute atomic E-state index is 0.0716. The van der Waals surface area contributed by atoms with Crippen molar-refractivity contribution in [3.05, 3.63) is 12.3 Å². The summed E-state index contributed by atoms with van der Waals surface area (Å²) in [6.45, 7) is 3.83. The maximum atomic E-state index is 11.7. The second-order valence-corrected chi connectivity index (χ2v) is 4.26. The Morgan fingerprint density at radius 2 is 2.18 bits per heavy atom. The fraction of sp³-hybridized carbons (Fsp3) is 0.600. The number of amides is 1. The molecule has 1 aliphatic heterocycles. The average molecular weight is 238 g/mol. The number of carbonyl (C=O) groups is 1. The molecule has 0 atom stereocenters. The molecule has 0 unspecified atom stereocenters. The number of nitrogens with two attached hydrogens (primary N) is 1. The number of nitrogens with zero attached hydrogens (tertiary/aromatic N) is 4. The number of nitrogen functional groups attached to an aromatic ring is 1. The van der Waals surface area contributed by atoms with Crippen LogP contribution < -0.4 is 11.2 Å². The summed E-state index contributed by atoms with van der Waals surface area (Å²) in [6.07, 6.45) is 1.69. The van der Waals surface area contributed by atoms with Crippen LogP contribution in [-0.4, -0.2) is 58.8 Å². The van der Waals surface area contributed by atoms with Gasteiger partial charge in [0.1, 0.15) is 12.4 Å². The minimum Gasteiger partial charge on any atom is -0.382 e. The van der Waals surface area contributed by atoms with Gasteiger partial charge in [0.2, 0.25) is 0 Å². The van der Waals surface area contributed by atoms with Crippen molar-refractivity contribution in [2.75, 3.05) is 39.0 Å². The summed E-state index contributed by atoms with van der Waals surface area (Å²) in [5, 5.41) is 5.90. The van der Waals surface area contributed by atoms with Crippen molar-refractivity contribution in [2.45, 2.75) is 6.54 Å². The first-order valence-electron chi connectivity index (χ1n) is 5.65. The summed E-state index contributed by atoms with van der Waals surface area (Å²) in [5.41, 5.74) is 8.34. The number of likely N-dealkylation sites (N-methyl/N-ethyl adjacent to an activating group) is 1. The number of anilines is 1. The largest absolute Gasteiger partial charge is 0.382 e. The Labute approximate surface area is 100 Å². The lowest BCUT2D eigenvalue weighted by atomic mass is 10.4. The Morgan fingerprint density at radius 1 is 1.47 bits per heavy atom. The molecule has 1 amide bonds. The van der Waals surface area contributed by atoms with E-state index >= 15 is 0 Å². The Kier molecular flexibility index (Phi) is 3.60. The number of hydrogen-bond donors (Lipinski definition) is 2. The maximum absolute atomic E-state index is 11.7. The molecule has 0 radical (unpaired) electrons. The molecule has 7 heteroatoms. The quantitative estimate of drug-likeness (QED) is 0.687. The molecule has 3 N–H and O–H groups in total. The number of hydrogen-bond acceptors (Lipinski definition) is 5. The Bertz CT molecular complexity index is 382. The monoisotopic (exact) mass is 238 g/mol. The van der Waals surface area contributed by atoms with Crippen molar-refractivity contribution in [3.63, 3.8) is 0 Å². The molecule has 1 saturated heterocycles. The van der Waals surface area contributed by atoms with Gasteiger partial charge in [-0.05, 0) is 13.1 Å². The Hall–Kier alpha value is -1.60. The third-order valence-corrected chi connectivity index (χ3v) is 2.75. The maximum Gasteiger partial charge on any atom is 0.255 e. The van der Waals surface area contributed by atoms with Crippen LogP contribution in [0.2, 0.25) is 0 Å². The van der Waals surface area contributed by atoms with Crippen LogP contribution in [0.1, 0.15) is 0 Å². The molecule has 94 valence electrons. The van der Waals surface area contributed by atoms with Crippen molar-refractivity contribution >= 4 is 11.7 Å². The molecule has 0 aliphatic carbocycles. The van der Waals surface area contributed by atoms with E-state index in [0.717, 1.165) is 26.2 Å². The van der Waals surface area contributed by atoms with E-state index in [-0.39, 0.29) is 12.5 Å². The van der Waals surface area contributed by atoms with Gasteiger partial charge >= 0.3 is 0 Å². The van der Waals surface area contributed by atoms with Crippen LogP contribution in [0.3, 0.4) is 0 Å². The minimum atomic E-state index is -0.0716. The van der Waals surface area contributed by atoms with Crippen molar-refractivity contribution in [2.24, 2.45) is 0 Å². The lowest BCUT2D eigenvalue weighted by Gasteiger charge is -2.32. The van der Waals surface area contributed by atoms with Gasteiger partial charge in [0.05, 0.1) is 0 Å². The second-order valence-electron chi connectivity index (χ2n) is 4.26. The highest BCUT2D eigenvalue weighted by atomic mass is 16.2. The number of aromatic nitrogens is 2. The first kappa shape index (κ1) is 11.9. The molecule has 0 aromatic carbocycles. The summed E-state index contributed by atoms with van der Waals surface area (Å²) < 4.78 is 1.53. The first-order chi connectivity index (χ1) is 8.13. The van der Waals surface area contributed by atoms with Crippen molar-refractivity contribution in [1.82, 2.24) is 25.1 Å². The van der Waals surface area contributed by atoms with Gasteiger partial charge in [-0.25, -0.2) is 5.01 Å². The summed E-state index contributed by atoms with van der Waals surface area (Å²) >= 11 is 0. The Balaban J connectivity index is 1.77. The van der Waals surface area contributed by atoms with E-state index < -0.39 is 0 Å². The van der Waals surface area contributed by atoms with Crippen LogP contribution in [0, 0.1) is 0 Å². The highest BCUT2D eigenvalue weighted by molar-refractivity contribution is 5.75. The number of nitrogens with one attached hydrogen (secondary N) is 1. The van der Waals surface area contributed by atoms with E-state index in [1.165, 1.54) is 4.68 Å². The van der Waals surface area contributed by atoms with Crippen molar-refractivity contribution < 1.29 is 4.79 Å². The smallest absolute Gasteiger partial charge is 0.255 e. The summed E-state index contributed by atoms with van der Waals surface area (Å²) in [5.74, 6) is 0.357. The molecule has 2 heterocycles. The third kappa shape index (κ3) is 3.43. The van der Waals surface area contributed by atoms with Crippen LogP contribution in [0.4, 0.5) is 5.82 Å². The third-order valence-electron chi connectivity index (χ3n) is 2.75. The van der Waals surface area contributed by atoms with Crippen LogP contribution in [0.15, 0.2) is 12.3 Å². The first-order valence-corrected chi connectivity index (χ1v) is 5.65. The van der Waals surface area contributed by atoms with Crippen molar-refractivity contribution in [1.29, 1.82) is 0 Å². The van der Waals surface area contributed by atoms with E-state index in [2.05, 4.69) is 22.5 Å². The summed E-state index contributed by atoms with van der Waals surface area (Å²) in [6, 6.07) is 1.67. The standard InChI is InChI=1S/C10H18N6O/c1-14-4-6-15(7-5-14)13-10(17)8-16-3-2-9(11)12-16/h2-3H,4-8H2,1H3,(H2,11,12)(H,13,17). The van der Waals surface area contributed by atoms with Gasteiger partial charge in [-0.15, -0.1) is 0 Å². The highest BCUT2D eigenvalue weighted by Crippen LogP contribution is 1.97. The molecular weight excluding hydrogens is 220 g/mol. The zero-order valence-electron chi connectivity index (χ0n) is 9.96. The van der Waals surface area contributed by atoms with Gasteiger partial charge in [0.15, 0.2) is 0 Å². The predicted octanol–water partition coefficient (Wildman–Crippen LogP) is -1.26. The number of rotatable bonds is 3. The molecule has 1 aliphatic rings. The topological polar surface area (TPSA) is 79.4 Å². The number of piperazine rings is 1. The van der Waals surface area contributed by atoms with Gasteiger partial charge in [0, 0.05) is 32.4 Å². The van der Waals surface area contributed by atoms with Gasteiger partial charge in [-0.3, -0.25) is 14.9 Å². The molecule has 2 rings (SSSR count). The molecule has 17 heavy (non-hydrogen) atoms. The fourth-order valence-electron chi connectivity index (χ4n) is 1.74. The lowest BCUT2D eigenvalue weighted by molar-refractivity contribution is -0.127. The summed E-state index contributed by atoms with van der Waals surface area (Å²) in [7, 11) is 2.08. The van der Waals surface area contributed by atoms with Gasteiger partial charge in [-0.1, -0.05) is 0 Å². The van der Waals surface area contributed by atoms with Crippen LogP contribution in [0.5, 0.6) is 0 Å². The zero-order chi connectivity index (χ0) is 12.3. The van der Waals surface area contributed by atoms with Gasteiger partial charge in [0.25, 0.3) is 5.91 Å². The molecule has 1 aromatic rings. The second kappa shape index (κ2) is 5.15. The normalized spacial score (nSPS) is 18.2. The lowest BCUT2D eigenvalue weighted by Crippen LogP contribution is -2.53. The molecule has 0 saturated carbocycles. The predicted molar refractivity (Wildman–Crippen MR) is 63.9 cm³/mol. The van der Waals surface area contributed by atoms with Crippen LogP contribution >= 0.6 is 0 Å². The molecule has 0 bridgehead atoms. The molecule has 1 fully saturated rings. The van der Waals surface area contributed by atoms with Gasteiger partial charge < -0.3 is 10.6 Å². The molecular formula is C10H18N6O. The number of hydrazine groups is 1. The van der Waals surface area contributed by atoms with E-state index in [1.54, 1.807) is 12.3 Å². The van der Waals surface area contributed by atoms with Crippen molar-refractivity contribution in [3.8, 4) is 0 Å². The molecule has 1 aromatic heterocycles. The van der Waals surface area contributed by atoms with Crippen LogP contribution in [-0.2, 0) is 11.3 Å². The van der Waals surface area contributed by atoms with E-state index in [0.29, 0.717) is 5.82 Å². The van der Waals surface area contributed by atoms with E-state index in [1.807, 2.05) is 5.01 Å². The average Bonchev–Trinajstić information content (AvgIpc) is 2.67. The zero-order valence-corrected chi connectivity index (χ0v) is 9.96. The van der Waals surface area contributed by atoms with E-state index in [4.69, 9.17) is 5.73 Å².